The number of carbonyl (C=O) groups excluding carboxylic acids is 1. The number of hydrogen-bond donors (Lipinski definition) is 1. The molecule has 1 saturated carbocycles. The van der Waals surface area contributed by atoms with Crippen molar-refractivity contribution in [1.29, 1.82) is 0 Å². The van der Waals surface area contributed by atoms with E-state index in [0.29, 0.717) is 22.3 Å². The number of nitrogens with one attached hydrogen (secondary N) is 1. The number of fused-ring (bicyclic) bond motifs is 2. The van der Waals surface area contributed by atoms with Crippen molar-refractivity contribution in [2.75, 3.05) is 37.7 Å². The van der Waals surface area contributed by atoms with Crippen molar-refractivity contribution >= 4 is 33.5 Å². The molecule has 1 amide bonds. The van der Waals surface area contributed by atoms with Gasteiger partial charge in [-0.05, 0) is 73.4 Å². The summed E-state index contributed by atoms with van der Waals surface area (Å²) in [5.41, 5.74) is 4.60. The highest BCUT2D eigenvalue weighted by molar-refractivity contribution is 6.05. The zero-order chi connectivity index (χ0) is 29.2. The first-order chi connectivity index (χ1) is 20.2. The van der Waals surface area contributed by atoms with Gasteiger partial charge in [0.2, 0.25) is 5.91 Å². The number of halogens is 3. The molecule has 2 aromatic heterocycles. The number of anilines is 1. The van der Waals surface area contributed by atoms with Crippen molar-refractivity contribution in [2.45, 2.75) is 44.7 Å². The number of amides is 1. The van der Waals surface area contributed by atoms with E-state index in [9.17, 15) is 18.0 Å². The largest absolute Gasteiger partial charge is 0.481 e. The number of rotatable bonds is 6. The van der Waals surface area contributed by atoms with E-state index >= 15 is 0 Å². The van der Waals surface area contributed by atoms with Crippen LogP contribution in [0.25, 0.3) is 32.9 Å². The smallest absolute Gasteiger partial charge is 0.422 e. The Kier molecular flexibility index (Phi) is 6.18. The third-order valence-corrected chi connectivity index (χ3v) is 9.04. The Hall–Kier alpha value is -4.15. The number of carbonyl (C=O) groups is 1. The normalized spacial score (nSPS) is 18.5. The fraction of sp³-hybridized carbons (Fsp3) is 0.419. The van der Waals surface area contributed by atoms with Crippen molar-refractivity contribution in [3.63, 3.8) is 0 Å². The Balaban J connectivity index is 1.34. The van der Waals surface area contributed by atoms with E-state index in [2.05, 4.69) is 37.7 Å². The summed E-state index contributed by atoms with van der Waals surface area (Å²) in [6.45, 7) is 7.02. The summed E-state index contributed by atoms with van der Waals surface area (Å²) in [6, 6.07) is 5.95. The first-order valence-corrected chi connectivity index (χ1v) is 14.3. The maximum Gasteiger partial charge on any atom is 0.422 e. The summed E-state index contributed by atoms with van der Waals surface area (Å²) in [6.07, 6.45) is 3.66. The molecule has 42 heavy (non-hydrogen) atoms. The van der Waals surface area contributed by atoms with Crippen LogP contribution in [0.1, 0.15) is 42.7 Å². The highest BCUT2D eigenvalue weighted by Crippen LogP contribution is 2.53. The molecule has 0 bridgehead atoms. The number of nitrogens with zero attached hydrogens (tertiary/aromatic N) is 5. The van der Waals surface area contributed by atoms with Gasteiger partial charge in [0.15, 0.2) is 12.4 Å². The number of aromatic amines is 1. The average molecular weight is 577 g/mol. The van der Waals surface area contributed by atoms with Gasteiger partial charge in [0.05, 0.1) is 11.7 Å². The van der Waals surface area contributed by atoms with Crippen LogP contribution in [-0.4, -0.2) is 69.9 Å². The Labute approximate surface area is 240 Å². The number of benzene rings is 2. The number of H-pyrrole nitrogens is 1. The number of ether oxygens (including phenoxy) is 1. The predicted octanol–water partition coefficient (Wildman–Crippen LogP) is 5.91. The Morgan fingerprint density at radius 3 is 2.62 bits per heavy atom. The molecule has 0 atom stereocenters. The summed E-state index contributed by atoms with van der Waals surface area (Å²) < 4.78 is 46.5. The Bertz CT molecular complexity index is 1710. The number of piperidine rings is 1. The highest BCUT2D eigenvalue weighted by atomic mass is 19.4. The van der Waals surface area contributed by atoms with Crippen LogP contribution in [0.5, 0.6) is 5.75 Å². The second-order valence-electron chi connectivity index (χ2n) is 11.9. The van der Waals surface area contributed by atoms with Crippen LogP contribution in [0.15, 0.2) is 43.4 Å². The summed E-state index contributed by atoms with van der Waals surface area (Å²) in [5, 5.41) is 8.72. The van der Waals surface area contributed by atoms with Gasteiger partial charge in [0.25, 0.3) is 0 Å². The van der Waals surface area contributed by atoms with E-state index in [4.69, 9.17) is 4.74 Å². The third-order valence-electron chi connectivity index (χ3n) is 9.04. The van der Waals surface area contributed by atoms with Gasteiger partial charge in [-0.3, -0.25) is 9.89 Å². The molecule has 3 aliphatic rings. The SMILES string of the molecule is C=CC(=O)N1CC2(CCN(c3ncnc4c(OCC(F)(F)F)c(-c5c(C)ccc6[nH]ncc56)c(C5CC5)cc34)CC2)C1. The minimum atomic E-state index is -4.52. The summed E-state index contributed by atoms with van der Waals surface area (Å²) in [7, 11) is 0. The lowest BCUT2D eigenvalue weighted by atomic mass is 9.72. The number of aromatic nitrogens is 4. The van der Waals surface area contributed by atoms with Crippen LogP contribution in [0.2, 0.25) is 0 Å². The lowest BCUT2D eigenvalue weighted by Crippen LogP contribution is -2.61. The molecule has 4 heterocycles. The van der Waals surface area contributed by atoms with Gasteiger partial charge in [0.1, 0.15) is 17.7 Å². The number of hydrogen-bond acceptors (Lipinski definition) is 6. The minimum absolute atomic E-state index is 0.0407. The fourth-order valence-corrected chi connectivity index (χ4v) is 6.71. The van der Waals surface area contributed by atoms with Gasteiger partial charge in [-0.25, -0.2) is 9.97 Å². The van der Waals surface area contributed by atoms with Gasteiger partial charge >= 0.3 is 6.18 Å². The first kappa shape index (κ1) is 26.7. The van der Waals surface area contributed by atoms with Crippen LogP contribution < -0.4 is 9.64 Å². The Morgan fingerprint density at radius 2 is 1.93 bits per heavy atom. The number of aryl methyl sites for hydroxylation is 1. The van der Waals surface area contributed by atoms with Crippen molar-refractivity contribution in [2.24, 2.45) is 5.41 Å². The van der Waals surface area contributed by atoms with E-state index in [1.807, 2.05) is 24.0 Å². The van der Waals surface area contributed by atoms with Crippen LogP contribution >= 0.6 is 0 Å². The topological polar surface area (TPSA) is 87.2 Å². The summed E-state index contributed by atoms with van der Waals surface area (Å²) in [5.74, 6) is 1.01. The molecule has 1 aliphatic carbocycles. The highest BCUT2D eigenvalue weighted by Gasteiger charge is 2.46. The Morgan fingerprint density at radius 1 is 1.17 bits per heavy atom. The van der Waals surface area contributed by atoms with Crippen LogP contribution in [0.4, 0.5) is 19.0 Å². The summed E-state index contributed by atoms with van der Waals surface area (Å²) >= 11 is 0. The molecule has 11 heteroatoms. The molecule has 218 valence electrons. The second kappa shape index (κ2) is 9.71. The zero-order valence-electron chi connectivity index (χ0n) is 23.3. The van der Waals surface area contributed by atoms with Gasteiger partial charge < -0.3 is 14.5 Å². The average Bonchev–Trinajstić information content (AvgIpc) is 3.70. The maximum absolute atomic E-state index is 13.6. The lowest BCUT2D eigenvalue weighted by molar-refractivity contribution is -0.153. The fourth-order valence-electron chi connectivity index (χ4n) is 6.71. The van der Waals surface area contributed by atoms with E-state index in [0.717, 1.165) is 79.5 Å². The molecule has 2 saturated heterocycles. The minimum Gasteiger partial charge on any atom is -0.481 e. The second-order valence-corrected chi connectivity index (χ2v) is 11.9. The van der Waals surface area contributed by atoms with Crippen molar-refractivity contribution in [1.82, 2.24) is 25.1 Å². The van der Waals surface area contributed by atoms with Crippen LogP contribution in [-0.2, 0) is 4.79 Å². The molecule has 1 N–H and O–H groups in total. The molecular weight excluding hydrogens is 545 g/mol. The standard InChI is InChI=1S/C31H31F3N6O2/c1-3-24(41)40-14-30(15-40)8-10-39(11-9-30)29-21-12-20(19-5-6-19)26(25-18(2)4-7-23-22(25)13-37-38-23)28(27(21)35-17-36-29)42-16-31(32,33)34/h3-4,7,12-13,17,19H,1,5-6,8-11,14-16H2,2H3,(H,37,38). The molecule has 7 rings (SSSR count). The molecule has 4 aromatic rings. The molecule has 2 aromatic carbocycles. The maximum atomic E-state index is 13.6. The molecule has 0 unspecified atom stereocenters. The molecule has 0 radical (unpaired) electrons. The molecule has 8 nitrogen and oxygen atoms in total. The van der Waals surface area contributed by atoms with Gasteiger partial charge in [-0.2, -0.15) is 18.3 Å². The van der Waals surface area contributed by atoms with Crippen molar-refractivity contribution in [3.05, 3.63) is 54.5 Å². The van der Waals surface area contributed by atoms with Crippen LogP contribution in [0.3, 0.4) is 0 Å². The number of likely N-dealkylation sites (tertiary alicyclic amines) is 1. The monoisotopic (exact) mass is 576 g/mol. The summed E-state index contributed by atoms with van der Waals surface area (Å²) in [4.78, 5) is 25.2. The van der Waals surface area contributed by atoms with E-state index < -0.39 is 12.8 Å². The third kappa shape index (κ3) is 4.55. The molecule has 3 fully saturated rings. The van der Waals surface area contributed by atoms with Gasteiger partial charge in [-0.15, -0.1) is 0 Å². The zero-order valence-corrected chi connectivity index (χ0v) is 23.3. The van der Waals surface area contributed by atoms with Gasteiger partial charge in [-0.1, -0.05) is 12.6 Å². The van der Waals surface area contributed by atoms with E-state index in [1.54, 1.807) is 6.20 Å². The lowest BCUT2D eigenvalue weighted by Gasteiger charge is -2.54. The first-order valence-electron chi connectivity index (χ1n) is 14.3. The quantitative estimate of drug-likeness (QED) is 0.287. The van der Waals surface area contributed by atoms with Crippen molar-refractivity contribution in [3.8, 4) is 16.9 Å². The van der Waals surface area contributed by atoms with E-state index in [1.165, 1.54) is 12.4 Å². The van der Waals surface area contributed by atoms with E-state index in [-0.39, 0.29) is 23.0 Å². The number of alkyl halides is 3. The van der Waals surface area contributed by atoms with Crippen LogP contribution in [0, 0.1) is 12.3 Å². The predicted molar refractivity (Wildman–Crippen MR) is 154 cm³/mol. The van der Waals surface area contributed by atoms with Crippen molar-refractivity contribution < 1.29 is 22.7 Å². The molecule has 2 aliphatic heterocycles. The van der Waals surface area contributed by atoms with Gasteiger partial charge in [0, 0.05) is 47.9 Å². The molecule has 1 spiro atoms. The molecular formula is C31H31F3N6O2.